The van der Waals surface area contributed by atoms with E-state index < -0.39 is 5.92 Å². The Balaban J connectivity index is 2.21. The minimum Gasteiger partial charge on any atom is -0.312 e. The van der Waals surface area contributed by atoms with E-state index in [4.69, 9.17) is 0 Å². The highest BCUT2D eigenvalue weighted by atomic mass is 32.2. The number of nitrogens with one attached hydrogen (secondary N) is 1. The summed E-state index contributed by atoms with van der Waals surface area (Å²) in [4.78, 5) is 28.5. The van der Waals surface area contributed by atoms with Gasteiger partial charge in [-0.2, -0.15) is 4.98 Å². The molecule has 1 unspecified atom stereocenters. The lowest BCUT2D eigenvalue weighted by atomic mass is 9.87. The molecule has 0 saturated carbocycles. The Kier molecular flexibility index (Phi) is 3.74. The normalized spacial score (nSPS) is 17.0. The van der Waals surface area contributed by atoms with E-state index in [0.717, 1.165) is 5.56 Å². The molecule has 0 radical (unpaired) electrons. The molecule has 22 heavy (non-hydrogen) atoms. The summed E-state index contributed by atoms with van der Waals surface area (Å²) in [7, 11) is 1.75. The van der Waals surface area contributed by atoms with Gasteiger partial charge in [0.1, 0.15) is 11.6 Å². The Morgan fingerprint density at radius 3 is 2.64 bits per heavy atom. The number of nitrogens with zero attached hydrogens (tertiary/aromatic N) is 2. The maximum absolute atomic E-state index is 13.1. The molecule has 0 spiro atoms. The Labute approximate surface area is 130 Å². The zero-order chi connectivity index (χ0) is 15.9. The van der Waals surface area contributed by atoms with Gasteiger partial charge in [-0.3, -0.25) is 9.59 Å². The molecule has 114 valence electrons. The first-order chi connectivity index (χ1) is 10.5. The van der Waals surface area contributed by atoms with Gasteiger partial charge in [0.2, 0.25) is 5.91 Å². The molecule has 1 aliphatic rings. The highest BCUT2D eigenvalue weighted by Gasteiger charge is 2.31. The van der Waals surface area contributed by atoms with Crippen LogP contribution in [0.25, 0.3) is 0 Å². The van der Waals surface area contributed by atoms with Crippen LogP contribution in [0.2, 0.25) is 0 Å². The van der Waals surface area contributed by atoms with Crippen LogP contribution in [-0.4, -0.2) is 21.7 Å². The minimum absolute atomic E-state index is 0.147. The van der Waals surface area contributed by atoms with Crippen LogP contribution < -0.4 is 10.9 Å². The first-order valence-corrected chi connectivity index (χ1v) is 7.94. The molecule has 0 bridgehead atoms. The predicted octanol–water partition coefficient (Wildman–Crippen LogP) is 2.12. The fourth-order valence-corrected chi connectivity index (χ4v) is 3.24. The minimum atomic E-state index is -0.411. The lowest BCUT2D eigenvalue weighted by molar-refractivity contribution is -0.116. The number of aromatic nitrogens is 2. The van der Waals surface area contributed by atoms with E-state index >= 15 is 0 Å². The molecule has 1 aromatic carbocycles. The third-order valence-electron chi connectivity index (χ3n) is 3.76. The summed E-state index contributed by atoms with van der Waals surface area (Å²) in [5.74, 6) is -0.468. The molecule has 2 heterocycles. The average molecular weight is 319 g/mol. The molecule has 1 aromatic heterocycles. The molecule has 2 aromatic rings. The second-order valence-corrected chi connectivity index (χ2v) is 5.85. The van der Waals surface area contributed by atoms with E-state index in [0.29, 0.717) is 16.5 Å². The maximum atomic E-state index is 13.1. The summed E-state index contributed by atoms with van der Waals surface area (Å²) < 4.78 is 14.8. The van der Waals surface area contributed by atoms with E-state index in [1.807, 2.05) is 6.26 Å². The van der Waals surface area contributed by atoms with E-state index in [1.165, 1.54) is 23.9 Å². The Morgan fingerprint density at radius 1 is 1.32 bits per heavy atom. The van der Waals surface area contributed by atoms with Gasteiger partial charge in [-0.05, 0) is 24.0 Å². The van der Waals surface area contributed by atoms with E-state index in [-0.39, 0.29) is 23.7 Å². The predicted molar refractivity (Wildman–Crippen MR) is 82.7 cm³/mol. The quantitative estimate of drug-likeness (QED) is 0.680. The van der Waals surface area contributed by atoms with Gasteiger partial charge in [0.05, 0.1) is 5.56 Å². The second kappa shape index (κ2) is 5.57. The molecular formula is C15H14FN3O2S. The van der Waals surface area contributed by atoms with Crippen LogP contribution in [0.3, 0.4) is 0 Å². The number of hydrogen-bond donors (Lipinski definition) is 1. The lowest BCUT2D eigenvalue weighted by Crippen LogP contribution is -2.33. The van der Waals surface area contributed by atoms with Crippen molar-refractivity contribution < 1.29 is 9.18 Å². The first kappa shape index (κ1) is 14.8. The van der Waals surface area contributed by atoms with Crippen molar-refractivity contribution in [2.24, 2.45) is 7.05 Å². The number of carbonyl (C=O) groups excluding carboxylic acids is 1. The molecule has 3 rings (SSSR count). The molecule has 0 aliphatic carbocycles. The average Bonchev–Trinajstić information content (AvgIpc) is 2.50. The van der Waals surface area contributed by atoms with Gasteiger partial charge < -0.3 is 9.88 Å². The number of amides is 1. The van der Waals surface area contributed by atoms with Gasteiger partial charge in [0, 0.05) is 19.4 Å². The van der Waals surface area contributed by atoms with Crippen molar-refractivity contribution >= 4 is 23.5 Å². The molecular weight excluding hydrogens is 305 g/mol. The SMILES string of the molecule is CSc1nc(=O)c2c(n1C)NC(=O)CC2c1ccc(F)cc1. The topological polar surface area (TPSA) is 64.0 Å². The van der Waals surface area contributed by atoms with Crippen LogP contribution >= 0.6 is 11.8 Å². The van der Waals surface area contributed by atoms with Crippen molar-refractivity contribution in [1.82, 2.24) is 9.55 Å². The Hall–Kier alpha value is -2.15. The zero-order valence-corrected chi connectivity index (χ0v) is 12.9. The van der Waals surface area contributed by atoms with Crippen molar-refractivity contribution in [2.45, 2.75) is 17.5 Å². The van der Waals surface area contributed by atoms with Gasteiger partial charge in [-0.15, -0.1) is 0 Å². The summed E-state index contributed by atoms with van der Waals surface area (Å²) in [5.41, 5.74) is 0.826. The molecule has 1 N–H and O–H groups in total. The van der Waals surface area contributed by atoms with Gasteiger partial charge in [0.25, 0.3) is 5.56 Å². The number of carbonyl (C=O) groups is 1. The molecule has 0 fully saturated rings. The molecule has 1 atom stereocenters. The lowest BCUT2D eigenvalue weighted by Gasteiger charge is -2.27. The monoisotopic (exact) mass is 319 g/mol. The second-order valence-electron chi connectivity index (χ2n) is 5.08. The van der Waals surface area contributed by atoms with Gasteiger partial charge in [0.15, 0.2) is 5.16 Å². The third kappa shape index (κ3) is 2.41. The van der Waals surface area contributed by atoms with Gasteiger partial charge in [-0.1, -0.05) is 23.9 Å². The summed E-state index contributed by atoms with van der Waals surface area (Å²) >= 11 is 1.33. The number of hydrogen-bond acceptors (Lipinski definition) is 4. The summed E-state index contributed by atoms with van der Waals surface area (Å²) in [5, 5.41) is 3.28. The van der Waals surface area contributed by atoms with Crippen LogP contribution in [0.1, 0.15) is 23.5 Å². The Bertz CT molecular complexity index is 802. The Morgan fingerprint density at radius 2 is 2.00 bits per heavy atom. The van der Waals surface area contributed by atoms with Crippen molar-refractivity contribution in [2.75, 3.05) is 11.6 Å². The standard InChI is InChI=1S/C15H14FN3O2S/c1-19-13-12(14(21)18-15(19)22-2)10(7-11(20)17-13)8-3-5-9(16)6-4-8/h3-6,10H,7H2,1-2H3,(H,17,20). The number of thioether (sulfide) groups is 1. The fraction of sp³-hybridized carbons (Fsp3) is 0.267. The van der Waals surface area contributed by atoms with Crippen molar-refractivity contribution in [1.29, 1.82) is 0 Å². The van der Waals surface area contributed by atoms with Crippen LogP contribution in [-0.2, 0) is 11.8 Å². The maximum Gasteiger partial charge on any atom is 0.279 e. The third-order valence-corrected chi connectivity index (χ3v) is 4.49. The largest absolute Gasteiger partial charge is 0.312 e. The zero-order valence-electron chi connectivity index (χ0n) is 12.1. The highest BCUT2D eigenvalue weighted by molar-refractivity contribution is 7.98. The number of rotatable bonds is 2. The fourth-order valence-electron chi connectivity index (χ4n) is 2.70. The van der Waals surface area contributed by atoms with Gasteiger partial charge in [-0.25, -0.2) is 4.39 Å². The van der Waals surface area contributed by atoms with Crippen molar-refractivity contribution in [3.05, 3.63) is 51.6 Å². The molecule has 5 nitrogen and oxygen atoms in total. The summed E-state index contributed by atoms with van der Waals surface area (Å²) in [6.45, 7) is 0. The van der Waals surface area contributed by atoms with E-state index in [9.17, 15) is 14.0 Å². The molecule has 0 saturated heterocycles. The smallest absolute Gasteiger partial charge is 0.279 e. The van der Waals surface area contributed by atoms with Crippen molar-refractivity contribution in [3.63, 3.8) is 0 Å². The first-order valence-electron chi connectivity index (χ1n) is 6.71. The summed E-state index contributed by atoms with van der Waals surface area (Å²) in [6, 6.07) is 5.86. The molecule has 7 heteroatoms. The van der Waals surface area contributed by atoms with Crippen LogP contribution in [0.5, 0.6) is 0 Å². The van der Waals surface area contributed by atoms with Crippen LogP contribution in [0.4, 0.5) is 10.2 Å². The number of fused-ring (bicyclic) bond motifs is 1. The van der Waals surface area contributed by atoms with Crippen LogP contribution in [0.15, 0.2) is 34.2 Å². The van der Waals surface area contributed by atoms with Crippen molar-refractivity contribution in [3.8, 4) is 0 Å². The van der Waals surface area contributed by atoms with Crippen LogP contribution in [0, 0.1) is 5.82 Å². The molecule has 1 amide bonds. The van der Waals surface area contributed by atoms with E-state index in [2.05, 4.69) is 10.3 Å². The highest BCUT2D eigenvalue weighted by Crippen LogP contribution is 2.35. The molecule has 1 aliphatic heterocycles. The summed E-state index contributed by atoms with van der Waals surface area (Å²) in [6.07, 6.45) is 1.96. The number of halogens is 1. The van der Waals surface area contributed by atoms with E-state index in [1.54, 1.807) is 23.7 Å². The number of benzene rings is 1. The van der Waals surface area contributed by atoms with Gasteiger partial charge >= 0.3 is 0 Å². The number of anilines is 1.